The molecule has 0 unspecified atom stereocenters. The van der Waals surface area contributed by atoms with E-state index in [1.165, 1.54) is 24.3 Å². The van der Waals surface area contributed by atoms with Gasteiger partial charge in [0.15, 0.2) is 0 Å². The molecule has 0 aliphatic carbocycles. The first kappa shape index (κ1) is 11.3. The smallest absolute Gasteiger partial charge is 0.0615 e. The summed E-state index contributed by atoms with van der Waals surface area (Å²) in [6, 6.07) is 1.27. The van der Waals surface area contributed by atoms with Crippen molar-refractivity contribution in [2.75, 3.05) is 25.2 Å². The zero-order chi connectivity index (χ0) is 9.52. The van der Waals surface area contributed by atoms with E-state index in [9.17, 15) is 0 Å². The van der Waals surface area contributed by atoms with E-state index < -0.39 is 0 Å². The van der Waals surface area contributed by atoms with Gasteiger partial charge in [0.25, 0.3) is 0 Å². The van der Waals surface area contributed by atoms with E-state index in [-0.39, 0.29) is 0 Å². The Hall–Kier alpha value is 0.270. The molecular formula is C10H21NOS. The minimum absolute atomic E-state index is 0.550. The van der Waals surface area contributed by atoms with Gasteiger partial charge < -0.3 is 10.1 Å². The van der Waals surface area contributed by atoms with Crippen LogP contribution in [0.25, 0.3) is 0 Å². The molecule has 1 heterocycles. The topological polar surface area (TPSA) is 21.3 Å². The molecule has 0 bridgehead atoms. The minimum Gasteiger partial charge on any atom is -0.383 e. The van der Waals surface area contributed by atoms with E-state index in [4.69, 9.17) is 4.74 Å². The second-order valence-corrected chi connectivity index (χ2v) is 4.79. The molecule has 1 saturated heterocycles. The molecule has 0 aromatic rings. The van der Waals surface area contributed by atoms with E-state index in [1.807, 2.05) is 0 Å². The number of thioether (sulfide) groups is 1. The Morgan fingerprint density at radius 3 is 3.00 bits per heavy atom. The maximum absolute atomic E-state index is 5.17. The maximum atomic E-state index is 5.17. The Kier molecular flexibility index (Phi) is 5.83. The molecule has 0 amide bonds. The summed E-state index contributed by atoms with van der Waals surface area (Å²) in [5.74, 6) is 2.62. The van der Waals surface area contributed by atoms with Crippen LogP contribution in [0.1, 0.15) is 26.2 Å². The Balaban J connectivity index is 2.18. The Morgan fingerprint density at radius 1 is 1.62 bits per heavy atom. The second-order valence-electron chi connectivity index (χ2n) is 3.64. The molecule has 0 aromatic heterocycles. The van der Waals surface area contributed by atoms with Gasteiger partial charge in [-0.3, -0.25) is 0 Å². The van der Waals surface area contributed by atoms with Gasteiger partial charge >= 0.3 is 0 Å². The first-order valence-electron chi connectivity index (χ1n) is 5.19. The largest absolute Gasteiger partial charge is 0.383 e. The average Bonchev–Trinajstić information content (AvgIpc) is 2.19. The van der Waals surface area contributed by atoms with Gasteiger partial charge in [-0.05, 0) is 25.0 Å². The summed E-state index contributed by atoms with van der Waals surface area (Å²) in [6.07, 6.45) is 3.87. The molecule has 0 spiro atoms. The molecule has 1 aliphatic heterocycles. The van der Waals surface area contributed by atoms with Gasteiger partial charge in [-0.1, -0.05) is 6.92 Å². The molecule has 1 aliphatic rings. The predicted molar refractivity (Wildman–Crippen MR) is 59.4 cm³/mol. The first-order valence-corrected chi connectivity index (χ1v) is 6.35. The van der Waals surface area contributed by atoms with Crippen molar-refractivity contribution in [1.82, 2.24) is 5.32 Å². The van der Waals surface area contributed by atoms with Crippen LogP contribution in [0.5, 0.6) is 0 Å². The molecule has 0 aromatic carbocycles. The Morgan fingerprint density at radius 2 is 2.46 bits per heavy atom. The predicted octanol–water partition coefficient (Wildman–Crippen LogP) is 1.90. The normalized spacial score (nSPS) is 25.8. The van der Waals surface area contributed by atoms with Crippen molar-refractivity contribution in [2.45, 2.75) is 38.3 Å². The third kappa shape index (κ3) is 4.34. The lowest BCUT2D eigenvalue weighted by atomic mass is 10.1. The van der Waals surface area contributed by atoms with Crippen molar-refractivity contribution in [3.05, 3.63) is 0 Å². The lowest BCUT2D eigenvalue weighted by Gasteiger charge is -2.27. The molecule has 1 fully saturated rings. The average molecular weight is 203 g/mol. The number of methoxy groups -OCH3 is 1. The van der Waals surface area contributed by atoms with E-state index >= 15 is 0 Å². The van der Waals surface area contributed by atoms with Crippen LogP contribution in [0.3, 0.4) is 0 Å². The number of ether oxygens (including phenoxy) is 1. The van der Waals surface area contributed by atoms with Gasteiger partial charge in [0.2, 0.25) is 0 Å². The fourth-order valence-electron chi connectivity index (χ4n) is 1.69. The van der Waals surface area contributed by atoms with Crippen LogP contribution in [0.4, 0.5) is 0 Å². The van der Waals surface area contributed by atoms with E-state index in [0.29, 0.717) is 6.04 Å². The third-order valence-electron chi connectivity index (χ3n) is 2.49. The third-order valence-corrected chi connectivity index (χ3v) is 3.71. The molecular weight excluding hydrogens is 182 g/mol. The quantitative estimate of drug-likeness (QED) is 0.737. The van der Waals surface area contributed by atoms with Gasteiger partial charge in [-0.15, -0.1) is 0 Å². The van der Waals surface area contributed by atoms with Crippen LogP contribution in [0, 0.1) is 0 Å². The summed E-state index contributed by atoms with van der Waals surface area (Å²) >= 11 is 2.07. The van der Waals surface area contributed by atoms with Crippen LogP contribution in [-0.4, -0.2) is 37.3 Å². The fourth-order valence-corrected chi connectivity index (χ4v) is 2.78. The maximum Gasteiger partial charge on any atom is 0.0615 e. The highest BCUT2D eigenvalue weighted by atomic mass is 32.2. The van der Waals surface area contributed by atoms with Crippen LogP contribution >= 0.6 is 11.8 Å². The highest BCUT2D eigenvalue weighted by Crippen LogP contribution is 2.17. The Bertz CT molecular complexity index is 123. The van der Waals surface area contributed by atoms with Gasteiger partial charge in [0.05, 0.1) is 6.61 Å². The SMILES string of the molecule is CC[C@@H](COC)N[C@@H]1CCCSC1. The zero-order valence-electron chi connectivity index (χ0n) is 8.71. The number of rotatable bonds is 5. The molecule has 78 valence electrons. The van der Waals surface area contributed by atoms with E-state index in [2.05, 4.69) is 24.0 Å². The second kappa shape index (κ2) is 6.68. The summed E-state index contributed by atoms with van der Waals surface area (Å²) in [7, 11) is 1.78. The molecule has 0 saturated carbocycles. The van der Waals surface area contributed by atoms with Crippen molar-refractivity contribution in [2.24, 2.45) is 0 Å². The molecule has 0 radical (unpaired) electrons. The first-order chi connectivity index (χ1) is 6.36. The van der Waals surface area contributed by atoms with Crippen molar-refractivity contribution >= 4 is 11.8 Å². The summed E-state index contributed by atoms with van der Waals surface area (Å²) < 4.78 is 5.17. The molecule has 2 nitrogen and oxygen atoms in total. The number of hydrogen-bond donors (Lipinski definition) is 1. The van der Waals surface area contributed by atoms with Gasteiger partial charge in [0, 0.05) is 24.9 Å². The summed E-state index contributed by atoms with van der Waals surface area (Å²) in [5.41, 5.74) is 0. The van der Waals surface area contributed by atoms with Gasteiger partial charge in [-0.2, -0.15) is 11.8 Å². The molecule has 2 atom stereocenters. The van der Waals surface area contributed by atoms with Crippen LogP contribution in [-0.2, 0) is 4.74 Å². The highest BCUT2D eigenvalue weighted by molar-refractivity contribution is 7.99. The highest BCUT2D eigenvalue weighted by Gasteiger charge is 2.16. The molecule has 13 heavy (non-hydrogen) atoms. The van der Waals surface area contributed by atoms with Gasteiger partial charge in [0.1, 0.15) is 0 Å². The monoisotopic (exact) mass is 203 g/mol. The van der Waals surface area contributed by atoms with Crippen molar-refractivity contribution in [3.63, 3.8) is 0 Å². The summed E-state index contributed by atoms with van der Waals surface area (Å²) in [5, 5.41) is 3.66. The van der Waals surface area contributed by atoms with Crippen molar-refractivity contribution in [3.8, 4) is 0 Å². The van der Waals surface area contributed by atoms with Gasteiger partial charge in [-0.25, -0.2) is 0 Å². The lowest BCUT2D eigenvalue weighted by molar-refractivity contribution is 0.158. The van der Waals surface area contributed by atoms with E-state index in [1.54, 1.807) is 7.11 Å². The van der Waals surface area contributed by atoms with Crippen molar-refractivity contribution < 1.29 is 4.74 Å². The molecule has 1 rings (SSSR count). The summed E-state index contributed by atoms with van der Waals surface area (Å²) in [6.45, 7) is 3.06. The van der Waals surface area contributed by atoms with Crippen LogP contribution in [0.15, 0.2) is 0 Å². The van der Waals surface area contributed by atoms with Crippen LogP contribution < -0.4 is 5.32 Å². The lowest BCUT2D eigenvalue weighted by Crippen LogP contribution is -2.43. The Labute approximate surface area is 85.8 Å². The van der Waals surface area contributed by atoms with E-state index in [0.717, 1.165) is 19.1 Å². The molecule has 3 heteroatoms. The number of nitrogens with one attached hydrogen (secondary N) is 1. The fraction of sp³-hybridized carbons (Fsp3) is 1.00. The van der Waals surface area contributed by atoms with Crippen molar-refractivity contribution in [1.29, 1.82) is 0 Å². The molecule has 1 N–H and O–H groups in total. The zero-order valence-corrected chi connectivity index (χ0v) is 9.53. The summed E-state index contributed by atoms with van der Waals surface area (Å²) in [4.78, 5) is 0. The minimum atomic E-state index is 0.550. The number of hydrogen-bond acceptors (Lipinski definition) is 3. The van der Waals surface area contributed by atoms with Crippen LogP contribution in [0.2, 0.25) is 0 Å². The standard InChI is InChI=1S/C10H21NOS/c1-3-9(7-12-2)11-10-5-4-6-13-8-10/h9-11H,3-8H2,1-2H3/t9-,10+/m0/s1.